The van der Waals surface area contributed by atoms with Crippen LogP contribution in [0.15, 0.2) is 24.3 Å². The van der Waals surface area contributed by atoms with Gasteiger partial charge in [-0.2, -0.15) is 5.26 Å². The molecular weight excluding hydrogens is 224 g/mol. The van der Waals surface area contributed by atoms with Gasteiger partial charge in [-0.05, 0) is 30.4 Å². The van der Waals surface area contributed by atoms with Crippen LogP contribution in [0.2, 0.25) is 0 Å². The SMILES string of the molecule is COc1ccccc1NC(C#N)C(C)CC(C)C. The molecule has 2 atom stereocenters. The number of anilines is 1. The molecule has 0 heterocycles. The van der Waals surface area contributed by atoms with Crippen molar-refractivity contribution in [2.45, 2.75) is 33.2 Å². The summed E-state index contributed by atoms with van der Waals surface area (Å²) in [6, 6.07) is 9.83. The molecule has 1 aromatic carbocycles. The molecule has 3 heteroatoms. The van der Waals surface area contributed by atoms with Crippen LogP contribution in [0.3, 0.4) is 0 Å². The molecule has 18 heavy (non-hydrogen) atoms. The van der Waals surface area contributed by atoms with Gasteiger partial charge in [0.2, 0.25) is 0 Å². The molecule has 0 spiro atoms. The van der Waals surface area contributed by atoms with E-state index >= 15 is 0 Å². The molecular formula is C15H22N2O. The second-order valence-corrected chi connectivity index (χ2v) is 5.06. The highest BCUT2D eigenvalue weighted by molar-refractivity contribution is 5.57. The summed E-state index contributed by atoms with van der Waals surface area (Å²) in [5.74, 6) is 1.67. The van der Waals surface area contributed by atoms with E-state index in [1.54, 1.807) is 7.11 Å². The van der Waals surface area contributed by atoms with E-state index in [1.165, 1.54) is 0 Å². The molecule has 1 rings (SSSR count). The number of nitrogens with one attached hydrogen (secondary N) is 1. The van der Waals surface area contributed by atoms with E-state index in [1.807, 2.05) is 24.3 Å². The van der Waals surface area contributed by atoms with Crippen molar-refractivity contribution in [2.24, 2.45) is 11.8 Å². The molecule has 1 N–H and O–H groups in total. The zero-order valence-corrected chi connectivity index (χ0v) is 11.6. The van der Waals surface area contributed by atoms with Gasteiger partial charge in [0.25, 0.3) is 0 Å². The highest BCUT2D eigenvalue weighted by atomic mass is 16.5. The lowest BCUT2D eigenvalue weighted by Gasteiger charge is -2.22. The summed E-state index contributed by atoms with van der Waals surface area (Å²) in [6.07, 6.45) is 1.03. The molecule has 0 aliphatic heterocycles. The summed E-state index contributed by atoms with van der Waals surface area (Å²) < 4.78 is 5.28. The first-order chi connectivity index (χ1) is 8.58. The maximum atomic E-state index is 9.28. The van der Waals surface area contributed by atoms with Crippen LogP contribution in [0, 0.1) is 23.2 Å². The predicted octanol–water partition coefficient (Wildman–Crippen LogP) is 3.68. The molecule has 0 bridgehead atoms. The van der Waals surface area contributed by atoms with Crippen LogP contribution in [0.5, 0.6) is 5.75 Å². The van der Waals surface area contributed by atoms with Crippen molar-refractivity contribution in [1.82, 2.24) is 0 Å². The fourth-order valence-electron chi connectivity index (χ4n) is 2.11. The number of rotatable bonds is 6. The Morgan fingerprint density at radius 3 is 2.50 bits per heavy atom. The Labute approximate surface area is 110 Å². The third-order valence-electron chi connectivity index (χ3n) is 2.97. The van der Waals surface area contributed by atoms with E-state index in [0.717, 1.165) is 17.9 Å². The van der Waals surface area contributed by atoms with Gasteiger partial charge in [0.15, 0.2) is 0 Å². The van der Waals surface area contributed by atoms with Gasteiger partial charge in [0.05, 0.1) is 18.9 Å². The van der Waals surface area contributed by atoms with E-state index < -0.39 is 0 Å². The molecule has 0 aromatic heterocycles. The minimum atomic E-state index is -0.191. The molecule has 0 aliphatic rings. The zero-order chi connectivity index (χ0) is 13.5. The molecule has 0 saturated carbocycles. The number of hydrogen-bond donors (Lipinski definition) is 1. The monoisotopic (exact) mass is 246 g/mol. The molecule has 98 valence electrons. The summed E-state index contributed by atoms with van der Waals surface area (Å²) >= 11 is 0. The Balaban J connectivity index is 2.77. The minimum Gasteiger partial charge on any atom is -0.495 e. The summed E-state index contributed by atoms with van der Waals surface area (Å²) in [4.78, 5) is 0. The van der Waals surface area contributed by atoms with Gasteiger partial charge in [-0.3, -0.25) is 0 Å². The van der Waals surface area contributed by atoms with E-state index in [2.05, 4.69) is 32.2 Å². The zero-order valence-electron chi connectivity index (χ0n) is 11.6. The van der Waals surface area contributed by atoms with Gasteiger partial charge in [0.1, 0.15) is 11.8 Å². The molecule has 0 saturated heterocycles. The van der Waals surface area contributed by atoms with Gasteiger partial charge >= 0.3 is 0 Å². The van der Waals surface area contributed by atoms with Gasteiger partial charge in [0, 0.05) is 0 Å². The largest absolute Gasteiger partial charge is 0.495 e. The van der Waals surface area contributed by atoms with Crippen molar-refractivity contribution in [1.29, 1.82) is 5.26 Å². The number of benzene rings is 1. The highest BCUT2D eigenvalue weighted by Crippen LogP contribution is 2.26. The first kappa shape index (κ1) is 14.4. The van der Waals surface area contributed by atoms with Crippen molar-refractivity contribution in [3.63, 3.8) is 0 Å². The first-order valence-corrected chi connectivity index (χ1v) is 6.37. The normalized spacial score (nSPS) is 13.8. The number of ether oxygens (including phenoxy) is 1. The number of methoxy groups -OCH3 is 1. The third kappa shape index (κ3) is 3.96. The van der Waals surface area contributed by atoms with Crippen LogP contribution in [-0.4, -0.2) is 13.2 Å². The Morgan fingerprint density at radius 1 is 1.28 bits per heavy atom. The lowest BCUT2D eigenvalue weighted by Crippen LogP contribution is -2.26. The summed E-state index contributed by atoms with van der Waals surface area (Å²) in [6.45, 7) is 6.46. The molecule has 0 aliphatic carbocycles. The number of nitrogens with zero attached hydrogens (tertiary/aromatic N) is 1. The molecule has 3 nitrogen and oxygen atoms in total. The standard InChI is InChI=1S/C15H22N2O/c1-11(2)9-12(3)14(10-16)17-13-7-5-6-8-15(13)18-4/h5-8,11-12,14,17H,9H2,1-4H3. The Morgan fingerprint density at radius 2 is 1.94 bits per heavy atom. The highest BCUT2D eigenvalue weighted by Gasteiger charge is 2.18. The summed E-state index contributed by atoms with van der Waals surface area (Å²) in [5.41, 5.74) is 0.877. The molecule has 2 unspecified atom stereocenters. The second-order valence-electron chi connectivity index (χ2n) is 5.06. The number of nitriles is 1. The lowest BCUT2D eigenvalue weighted by atomic mass is 9.92. The number of para-hydroxylation sites is 2. The average Bonchev–Trinajstić information content (AvgIpc) is 2.35. The maximum absolute atomic E-state index is 9.28. The molecule has 0 amide bonds. The Bertz CT molecular complexity index is 409. The molecule has 0 radical (unpaired) electrons. The van der Waals surface area contributed by atoms with Crippen LogP contribution < -0.4 is 10.1 Å². The van der Waals surface area contributed by atoms with Crippen molar-refractivity contribution < 1.29 is 4.74 Å². The van der Waals surface area contributed by atoms with Crippen molar-refractivity contribution in [2.75, 3.05) is 12.4 Å². The van der Waals surface area contributed by atoms with Gasteiger partial charge < -0.3 is 10.1 Å². The fraction of sp³-hybridized carbons (Fsp3) is 0.533. The van der Waals surface area contributed by atoms with Crippen LogP contribution in [0.4, 0.5) is 5.69 Å². The maximum Gasteiger partial charge on any atom is 0.141 e. The Hall–Kier alpha value is -1.69. The van der Waals surface area contributed by atoms with Crippen molar-refractivity contribution >= 4 is 5.69 Å². The fourth-order valence-corrected chi connectivity index (χ4v) is 2.11. The van der Waals surface area contributed by atoms with Crippen LogP contribution in [-0.2, 0) is 0 Å². The van der Waals surface area contributed by atoms with Gasteiger partial charge in [-0.25, -0.2) is 0 Å². The van der Waals surface area contributed by atoms with Crippen LogP contribution >= 0.6 is 0 Å². The van der Waals surface area contributed by atoms with E-state index in [0.29, 0.717) is 11.8 Å². The number of hydrogen-bond acceptors (Lipinski definition) is 3. The molecule has 1 aromatic rings. The van der Waals surface area contributed by atoms with Gasteiger partial charge in [-0.1, -0.05) is 32.9 Å². The van der Waals surface area contributed by atoms with Crippen molar-refractivity contribution in [3.05, 3.63) is 24.3 Å². The lowest BCUT2D eigenvalue weighted by molar-refractivity contribution is 0.409. The van der Waals surface area contributed by atoms with E-state index in [9.17, 15) is 5.26 Å². The van der Waals surface area contributed by atoms with Crippen LogP contribution in [0.25, 0.3) is 0 Å². The quantitative estimate of drug-likeness (QED) is 0.832. The third-order valence-corrected chi connectivity index (χ3v) is 2.97. The topological polar surface area (TPSA) is 45.0 Å². The average molecular weight is 246 g/mol. The summed E-state index contributed by atoms with van der Waals surface area (Å²) in [7, 11) is 1.64. The van der Waals surface area contributed by atoms with E-state index in [-0.39, 0.29) is 6.04 Å². The Kier molecular flexibility index (Phi) is 5.51. The van der Waals surface area contributed by atoms with Gasteiger partial charge in [-0.15, -0.1) is 0 Å². The van der Waals surface area contributed by atoms with Crippen LogP contribution in [0.1, 0.15) is 27.2 Å². The summed E-state index contributed by atoms with van der Waals surface area (Å²) in [5, 5.41) is 12.5. The predicted molar refractivity (Wildman–Crippen MR) is 74.6 cm³/mol. The smallest absolute Gasteiger partial charge is 0.141 e. The minimum absolute atomic E-state index is 0.191. The van der Waals surface area contributed by atoms with Crippen molar-refractivity contribution in [3.8, 4) is 11.8 Å². The van der Waals surface area contributed by atoms with E-state index in [4.69, 9.17) is 4.74 Å². The first-order valence-electron chi connectivity index (χ1n) is 6.37. The molecule has 0 fully saturated rings. The second kappa shape index (κ2) is 6.90.